The van der Waals surface area contributed by atoms with E-state index in [1.165, 1.54) is 10.6 Å². The van der Waals surface area contributed by atoms with Gasteiger partial charge in [0.25, 0.3) is 5.56 Å². The summed E-state index contributed by atoms with van der Waals surface area (Å²) in [4.78, 5) is 25.9. The van der Waals surface area contributed by atoms with Crippen molar-refractivity contribution < 1.29 is 13.2 Å². The molecule has 1 aromatic heterocycles. The fourth-order valence-corrected chi connectivity index (χ4v) is 5.01. The first-order chi connectivity index (χ1) is 15.4. The van der Waals surface area contributed by atoms with Crippen molar-refractivity contribution in [2.75, 3.05) is 5.75 Å². The third kappa shape index (κ3) is 5.38. The lowest BCUT2D eigenvalue weighted by molar-refractivity contribution is 0.103. The number of carbonyl (C=O) groups excluding carboxylic acids is 1. The van der Waals surface area contributed by atoms with Crippen LogP contribution in [0.15, 0.2) is 53.5 Å². The molecular weight excluding hydrogens is 483 g/mol. The Labute approximate surface area is 202 Å². The maximum atomic E-state index is 13.6. The van der Waals surface area contributed by atoms with E-state index in [1.807, 2.05) is 0 Å². The predicted octanol–water partition coefficient (Wildman–Crippen LogP) is 4.54. The molecule has 0 bridgehead atoms. The number of rotatable bonds is 7. The molecule has 1 unspecified atom stereocenters. The zero-order chi connectivity index (χ0) is 24.5. The summed E-state index contributed by atoms with van der Waals surface area (Å²) >= 11 is 12.6. The number of sulfone groups is 1. The average molecular weight is 507 g/mol. The van der Waals surface area contributed by atoms with Gasteiger partial charge in [0.1, 0.15) is 0 Å². The molecule has 0 aliphatic rings. The number of nitrogens with two attached hydrogens (primary N) is 1. The van der Waals surface area contributed by atoms with Crippen LogP contribution in [0.2, 0.25) is 10.0 Å². The first kappa shape index (κ1) is 25.2. The molecule has 0 saturated heterocycles. The summed E-state index contributed by atoms with van der Waals surface area (Å²) in [6.45, 7) is 3.31. The van der Waals surface area contributed by atoms with Crippen molar-refractivity contribution in [3.63, 3.8) is 0 Å². The molecule has 0 radical (unpaired) electrons. The molecule has 3 aromatic rings. The van der Waals surface area contributed by atoms with Gasteiger partial charge in [-0.2, -0.15) is 0 Å². The minimum atomic E-state index is -3.32. The van der Waals surface area contributed by atoms with Crippen LogP contribution < -0.4 is 11.3 Å². The molecule has 0 aliphatic carbocycles. The van der Waals surface area contributed by atoms with Gasteiger partial charge in [0.05, 0.1) is 21.4 Å². The highest BCUT2D eigenvalue weighted by Gasteiger charge is 2.23. The van der Waals surface area contributed by atoms with E-state index in [1.54, 1.807) is 63.5 Å². The molecule has 9 heteroatoms. The molecule has 174 valence electrons. The summed E-state index contributed by atoms with van der Waals surface area (Å²) in [5.41, 5.74) is 8.35. The summed E-state index contributed by atoms with van der Waals surface area (Å²) in [6.07, 6.45) is 1.60. The largest absolute Gasteiger partial charge is 0.324 e. The van der Waals surface area contributed by atoms with Gasteiger partial charge >= 0.3 is 0 Å². The number of pyridine rings is 1. The van der Waals surface area contributed by atoms with Gasteiger partial charge in [0.15, 0.2) is 15.6 Å². The average Bonchev–Trinajstić information content (AvgIpc) is 2.74. The molecule has 0 aliphatic heterocycles. The van der Waals surface area contributed by atoms with Crippen LogP contribution in [0.25, 0.3) is 11.1 Å². The first-order valence-corrected chi connectivity index (χ1v) is 12.8. The van der Waals surface area contributed by atoms with Crippen molar-refractivity contribution in [2.45, 2.75) is 25.6 Å². The Kier molecular flexibility index (Phi) is 7.49. The van der Waals surface area contributed by atoms with Crippen LogP contribution in [-0.2, 0) is 22.6 Å². The minimum absolute atomic E-state index is 0.0107. The molecule has 2 aromatic carbocycles. The minimum Gasteiger partial charge on any atom is -0.324 e. The smallest absolute Gasteiger partial charge is 0.250 e. The van der Waals surface area contributed by atoms with Gasteiger partial charge in [-0.15, -0.1) is 0 Å². The zero-order valence-electron chi connectivity index (χ0n) is 18.4. The Morgan fingerprint density at radius 2 is 1.73 bits per heavy atom. The molecule has 2 N–H and O–H groups in total. The number of ketones is 1. The third-order valence-corrected chi connectivity index (χ3v) is 7.67. The van der Waals surface area contributed by atoms with Crippen molar-refractivity contribution in [1.29, 1.82) is 0 Å². The van der Waals surface area contributed by atoms with Gasteiger partial charge in [-0.3, -0.25) is 9.59 Å². The van der Waals surface area contributed by atoms with E-state index in [2.05, 4.69) is 0 Å². The zero-order valence-corrected chi connectivity index (χ0v) is 20.8. The van der Waals surface area contributed by atoms with Crippen molar-refractivity contribution >= 4 is 38.8 Å². The van der Waals surface area contributed by atoms with Gasteiger partial charge in [-0.05, 0) is 41.8 Å². The standard InChI is InChI=1S/C24H24Cl2N2O4S/c1-4-33(31,32)13-15-8-9-16(24(30)23-20(25)6-5-7-21(23)26)18(10-15)19-12-28(3)22(29)11-17(19)14(2)27/h5-12,14H,4,13,27H2,1-3H3. The Hall–Kier alpha value is -2.45. The molecule has 0 saturated carbocycles. The molecule has 0 fully saturated rings. The molecule has 1 atom stereocenters. The summed E-state index contributed by atoms with van der Waals surface area (Å²) in [7, 11) is -1.73. The van der Waals surface area contributed by atoms with Crippen molar-refractivity contribution in [3.05, 3.63) is 91.3 Å². The Balaban J connectivity index is 2.34. The van der Waals surface area contributed by atoms with E-state index in [0.717, 1.165) is 0 Å². The highest BCUT2D eigenvalue weighted by atomic mass is 35.5. The molecule has 3 rings (SSSR count). The van der Waals surface area contributed by atoms with Crippen LogP contribution >= 0.6 is 23.2 Å². The predicted molar refractivity (Wildman–Crippen MR) is 133 cm³/mol. The number of carbonyl (C=O) groups is 1. The molecule has 33 heavy (non-hydrogen) atoms. The van der Waals surface area contributed by atoms with Gasteiger partial charge in [0, 0.05) is 42.2 Å². The molecule has 0 amide bonds. The number of nitrogens with zero attached hydrogens (tertiary/aromatic N) is 1. The summed E-state index contributed by atoms with van der Waals surface area (Å²) in [6, 6.07) is 10.5. The lowest BCUT2D eigenvalue weighted by Crippen LogP contribution is -2.20. The number of benzene rings is 2. The molecular formula is C24H24Cl2N2O4S. The monoisotopic (exact) mass is 506 g/mol. The molecule has 1 heterocycles. The lowest BCUT2D eigenvalue weighted by Gasteiger charge is -2.18. The summed E-state index contributed by atoms with van der Waals surface area (Å²) in [5, 5.41) is 0.396. The van der Waals surface area contributed by atoms with E-state index < -0.39 is 21.7 Å². The van der Waals surface area contributed by atoms with Crippen molar-refractivity contribution in [3.8, 4) is 11.1 Å². The number of hydrogen-bond acceptors (Lipinski definition) is 5. The van der Waals surface area contributed by atoms with Gasteiger partial charge < -0.3 is 10.3 Å². The number of aromatic nitrogens is 1. The van der Waals surface area contributed by atoms with Crippen LogP contribution in [0.5, 0.6) is 0 Å². The normalized spacial score (nSPS) is 12.5. The second-order valence-corrected chi connectivity index (χ2v) is 11.0. The third-order valence-electron chi connectivity index (χ3n) is 5.39. The van der Waals surface area contributed by atoms with E-state index in [9.17, 15) is 18.0 Å². The highest BCUT2D eigenvalue weighted by molar-refractivity contribution is 7.90. The number of aryl methyl sites for hydroxylation is 1. The van der Waals surface area contributed by atoms with Gasteiger partial charge in [-0.1, -0.05) is 48.3 Å². The van der Waals surface area contributed by atoms with Crippen LogP contribution in [0, 0.1) is 0 Å². The lowest BCUT2D eigenvalue weighted by atomic mass is 9.89. The number of halogens is 2. The highest BCUT2D eigenvalue weighted by Crippen LogP contribution is 2.34. The van der Waals surface area contributed by atoms with Crippen LogP contribution in [-0.4, -0.2) is 24.5 Å². The quantitative estimate of drug-likeness (QED) is 0.474. The van der Waals surface area contributed by atoms with Crippen molar-refractivity contribution in [2.24, 2.45) is 12.8 Å². The maximum absolute atomic E-state index is 13.6. The molecule has 6 nitrogen and oxygen atoms in total. The van der Waals surface area contributed by atoms with Gasteiger partial charge in [0.2, 0.25) is 0 Å². The van der Waals surface area contributed by atoms with Crippen LogP contribution in [0.1, 0.15) is 46.9 Å². The maximum Gasteiger partial charge on any atom is 0.250 e. The summed E-state index contributed by atoms with van der Waals surface area (Å²) in [5.74, 6) is -0.615. The number of hydrogen-bond donors (Lipinski definition) is 1. The van der Waals surface area contributed by atoms with Gasteiger partial charge in [-0.25, -0.2) is 8.42 Å². The van der Waals surface area contributed by atoms with E-state index >= 15 is 0 Å². The van der Waals surface area contributed by atoms with E-state index in [-0.39, 0.29) is 38.2 Å². The Bertz CT molecular complexity index is 1380. The molecule has 0 spiro atoms. The summed E-state index contributed by atoms with van der Waals surface area (Å²) < 4.78 is 25.9. The van der Waals surface area contributed by atoms with Crippen LogP contribution in [0.4, 0.5) is 0 Å². The SMILES string of the molecule is CCS(=O)(=O)Cc1ccc(C(=O)c2c(Cl)cccc2Cl)c(-c2cn(C)c(=O)cc2C(C)N)c1. The fourth-order valence-electron chi connectivity index (χ4n) is 3.55. The van der Waals surface area contributed by atoms with E-state index in [4.69, 9.17) is 28.9 Å². The topological polar surface area (TPSA) is 99.2 Å². The Morgan fingerprint density at radius 3 is 2.30 bits per heavy atom. The van der Waals surface area contributed by atoms with Crippen molar-refractivity contribution in [1.82, 2.24) is 4.57 Å². The first-order valence-electron chi connectivity index (χ1n) is 10.2. The second kappa shape index (κ2) is 9.81. The second-order valence-electron chi connectivity index (χ2n) is 7.86. The van der Waals surface area contributed by atoms with Crippen LogP contribution in [0.3, 0.4) is 0 Å². The Morgan fingerprint density at radius 1 is 1.09 bits per heavy atom. The fraction of sp³-hybridized carbons (Fsp3) is 0.250. The van der Waals surface area contributed by atoms with E-state index in [0.29, 0.717) is 22.3 Å².